The highest BCUT2D eigenvalue weighted by atomic mass is 16.5. The van der Waals surface area contributed by atoms with E-state index in [2.05, 4.69) is 145 Å². The van der Waals surface area contributed by atoms with E-state index in [0.29, 0.717) is 26.2 Å². The number of amides is 2. The second-order valence-corrected chi connectivity index (χ2v) is 14.3. The molecule has 270 valence electrons. The molecule has 1 heterocycles. The molecule has 1 N–H and O–H groups in total. The molecule has 1 saturated heterocycles. The second kappa shape index (κ2) is 15.4. The van der Waals surface area contributed by atoms with E-state index in [9.17, 15) is 9.59 Å². The molecule has 1 atom stereocenters. The molecule has 4 aromatic carbocycles. The fraction of sp³-hybridized carbons (Fsp3) is 0.267. The Morgan fingerprint density at radius 3 is 1.87 bits per heavy atom. The van der Waals surface area contributed by atoms with Crippen LogP contribution >= 0.6 is 0 Å². The van der Waals surface area contributed by atoms with Crippen LogP contribution in [0.2, 0.25) is 0 Å². The summed E-state index contributed by atoms with van der Waals surface area (Å²) in [5.41, 5.74) is 12.7. The Balaban J connectivity index is 0.961. The normalized spacial score (nSPS) is 15.5. The summed E-state index contributed by atoms with van der Waals surface area (Å²) < 4.78 is 7.81. The van der Waals surface area contributed by atoms with E-state index in [-0.39, 0.29) is 18.4 Å². The number of hydrogen-bond acceptors (Lipinski definition) is 5. The van der Waals surface area contributed by atoms with Crippen LogP contribution in [0.1, 0.15) is 35.1 Å². The summed E-state index contributed by atoms with van der Waals surface area (Å²) in [6, 6.07) is 33.3. The summed E-state index contributed by atoms with van der Waals surface area (Å²) >= 11 is 0. The Kier molecular flexibility index (Phi) is 10.3. The number of benzene rings is 4. The van der Waals surface area contributed by atoms with Gasteiger partial charge in [-0.25, -0.2) is 9.37 Å². The number of carbonyl (C=O) groups excluding carboxylic acids is 2. The molecule has 0 radical (unpaired) electrons. The highest BCUT2D eigenvalue weighted by molar-refractivity contribution is 6.04. The summed E-state index contributed by atoms with van der Waals surface area (Å²) in [4.78, 5) is 32.5. The Morgan fingerprint density at radius 1 is 0.774 bits per heavy atom. The lowest BCUT2D eigenvalue weighted by atomic mass is 9.90. The monoisotopic (exact) mass is 706 g/mol. The van der Waals surface area contributed by atoms with Gasteiger partial charge in [-0.3, -0.25) is 4.79 Å². The van der Waals surface area contributed by atoms with Gasteiger partial charge in [0, 0.05) is 69.7 Å². The minimum Gasteiger partial charge on any atom is -0.449 e. The number of nitrogens with zero attached hydrogens (tertiary/aromatic N) is 4. The fourth-order valence-electron chi connectivity index (χ4n) is 7.53. The van der Waals surface area contributed by atoms with Crippen LogP contribution in [0.5, 0.6) is 0 Å². The van der Waals surface area contributed by atoms with E-state index < -0.39 is 12.1 Å². The largest absolute Gasteiger partial charge is 0.449 e. The maximum atomic E-state index is 13.4. The van der Waals surface area contributed by atoms with Gasteiger partial charge in [-0.2, -0.15) is 0 Å². The maximum Gasteiger partial charge on any atom is 0.407 e. The van der Waals surface area contributed by atoms with Crippen molar-refractivity contribution in [3.63, 3.8) is 0 Å². The van der Waals surface area contributed by atoms with Crippen molar-refractivity contribution < 1.29 is 18.9 Å². The van der Waals surface area contributed by atoms with Crippen molar-refractivity contribution in [3.8, 4) is 11.1 Å². The summed E-state index contributed by atoms with van der Waals surface area (Å²) in [7, 11) is 8.22. The van der Waals surface area contributed by atoms with Gasteiger partial charge in [-0.15, -0.1) is 0 Å². The number of piperazine rings is 1. The van der Waals surface area contributed by atoms with E-state index in [1.165, 1.54) is 16.7 Å². The van der Waals surface area contributed by atoms with Gasteiger partial charge in [0.2, 0.25) is 5.91 Å². The first kappa shape index (κ1) is 35.5. The second-order valence-electron chi connectivity index (χ2n) is 14.3. The van der Waals surface area contributed by atoms with Crippen molar-refractivity contribution >= 4 is 34.7 Å². The van der Waals surface area contributed by atoms with Crippen LogP contribution in [0.4, 0.5) is 16.2 Å². The van der Waals surface area contributed by atoms with E-state index in [1.807, 2.05) is 29.2 Å². The number of alkyl carbamates (subject to hydrolysis) is 1. The van der Waals surface area contributed by atoms with Gasteiger partial charge in [0.05, 0.1) is 0 Å². The molecule has 0 aromatic heterocycles. The number of allylic oxidation sites excluding steroid dienone is 5. The number of ether oxygens (including phenoxy) is 1. The maximum absolute atomic E-state index is 13.4. The Hall–Kier alpha value is -5.89. The topological polar surface area (TPSA) is 68.1 Å². The van der Waals surface area contributed by atoms with Crippen molar-refractivity contribution in [1.82, 2.24) is 10.2 Å². The minimum atomic E-state index is -0.691. The Morgan fingerprint density at radius 2 is 1.32 bits per heavy atom. The SMILES string of the molecule is CC(NC(=O)OCC1c2ccccc2-c2ccccc21)C(=O)N1CCN(c2ccc(C(=C3C=CC(=[N+](C)C)C=C3)c3ccc(N(C)C)cc3)cc2)CC1. The molecule has 0 bridgehead atoms. The molecule has 7 rings (SSSR count). The lowest BCUT2D eigenvalue weighted by Gasteiger charge is -2.37. The molecule has 8 nitrogen and oxygen atoms in total. The number of anilines is 2. The lowest BCUT2D eigenvalue weighted by molar-refractivity contribution is -0.462. The van der Waals surface area contributed by atoms with Crippen LogP contribution in [0.25, 0.3) is 16.7 Å². The van der Waals surface area contributed by atoms with Crippen LogP contribution in [-0.4, -0.2) is 94.2 Å². The van der Waals surface area contributed by atoms with E-state index in [4.69, 9.17) is 4.74 Å². The van der Waals surface area contributed by atoms with Crippen LogP contribution in [0.15, 0.2) is 127 Å². The molecule has 2 aliphatic carbocycles. The quantitative estimate of drug-likeness (QED) is 0.201. The van der Waals surface area contributed by atoms with Crippen molar-refractivity contribution in [2.24, 2.45) is 0 Å². The van der Waals surface area contributed by atoms with Crippen molar-refractivity contribution in [2.45, 2.75) is 18.9 Å². The van der Waals surface area contributed by atoms with Gasteiger partial charge >= 0.3 is 6.09 Å². The highest BCUT2D eigenvalue weighted by Gasteiger charge is 2.30. The average molecular weight is 707 g/mol. The van der Waals surface area contributed by atoms with Crippen molar-refractivity contribution in [1.29, 1.82) is 0 Å². The van der Waals surface area contributed by atoms with E-state index in [0.717, 1.165) is 44.9 Å². The zero-order valence-electron chi connectivity index (χ0n) is 31.3. The zero-order valence-corrected chi connectivity index (χ0v) is 31.3. The number of fused-ring (bicyclic) bond motifs is 3. The van der Waals surface area contributed by atoms with E-state index in [1.54, 1.807) is 6.92 Å². The minimum absolute atomic E-state index is 0.0324. The third-order valence-corrected chi connectivity index (χ3v) is 10.5. The molecule has 1 fully saturated rings. The molecule has 0 saturated carbocycles. The predicted octanol–water partition coefficient (Wildman–Crippen LogP) is 6.97. The number of rotatable bonds is 8. The molecule has 4 aromatic rings. The first-order valence-electron chi connectivity index (χ1n) is 18.4. The summed E-state index contributed by atoms with van der Waals surface area (Å²) in [5, 5.41) is 2.78. The summed E-state index contributed by atoms with van der Waals surface area (Å²) in [6.07, 6.45) is 8.13. The molecule has 8 heteroatoms. The van der Waals surface area contributed by atoms with Gasteiger partial charge in [-0.05, 0) is 87.9 Å². The molecule has 1 unspecified atom stereocenters. The van der Waals surface area contributed by atoms with Crippen molar-refractivity contribution in [3.05, 3.63) is 149 Å². The van der Waals surface area contributed by atoms with Gasteiger partial charge in [0.1, 0.15) is 26.7 Å². The van der Waals surface area contributed by atoms with Gasteiger partial charge in [0.25, 0.3) is 0 Å². The molecule has 2 amide bonds. The molecule has 53 heavy (non-hydrogen) atoms. The Labute approximate surface area is 313 Å². The Bertz CT molecular complexity index is 2050. The van der Waals surface area contributed by atoms with Crippen molar-refractivity contribution in [2.75, 3.05) is 70.8 Å². The number of carbonyl (C=O) groups is 2. The zero-order chi connectivity index (χ0) is 37.1. The molecule has 0 spiro atoms. The smallest absolute Gasteiger partial charge is 0.407 e. The molecular weight excluding hydrogens is 659 g/mol. The van der Waals surface area contributed by atoms with Gasteiger partial charge in [-0.1, -0.05) is 72.8 Å². The van der Waals surface area contributed by atoms with Gasteiger partial charge < -0.3 is 24.8 Å². The third kappa shape index (κ3) is 7.54. The first-order chi connectivity index (χ1) is 25.7. The average Bonchev–Trinajstić information content (AvgIpc) is 3.51. The summed E-state index contributed by atoms with van der Waals surface area (Å²) in [6.45, 7) is 4.50. The standard InChI is InChI=1S/C45H47N5O3/c1-31(46-45(52)53-30-42-40-12-8-6-10-38(40)39-11-7-9-13-41(39)42)44(51)50-28-26-49(27-29-50)37-24-18-34(19-25-37)43(32-14-20-35(21-15-32)47(2)3)33-16-22-36(23-17-33)48(4)5/h6-25,31,42H,26-30H2,1-5H3/p+1. The van der Waals surface area contributed by atoms with Crippen LogP contribution in [0, 0.1) is 0 Å². The van der Waals surface area contributed by atoms with E-state index >= 15 is 0 Å². The number of nitrogens with one attached hydrogen (secondary N) is 1. The van der Waals surface area contributed by atoms with Crippen LogP contribution < -0.4 is 15.1 Å². The third-order valence-electron chi connectivity index (χ3n) is 10.5. The highest BCUT2D eigenvalue weighted by Crippen LogP contribution is 2.44. The summed E-state index contributed by atoms with van der Waals surface area (Å²) in [5.74, 6) is -0.136. The van der Waals surface area contributed by atoms with Crippen LogP contribution in [-0.2, 0) is 9.53 Å². The fourth-order valence-corrected chi connectivity index (χ4v) is 7.53. The first-order valence-corrected chi connectivity index (χ1v) is 18.4. The van der Waals surface area contributed by atoms with Crippen LogP contribution in [0.3, 0.4) is 0 Å². The molecule has 1 aliphatic heterocycles. The lowest BCUT2D eigenvalue weighted by Crippen LogP contribution is -2.54. The predicted molar refractivity (Wildman–Crippen MR) is 215 cm³/mol. The molecule has 3 aliphatic rings. The molecular formula is C45H48N5O3+. The number of hydrogen-bond donors (Lipinski definition) is 1. The van der Waals surface area contributed by atoms with Gasteiger partial charge in [0.15, 0.2) is 5.71 Å².